The number of benzene rings is 1. The largest absolute Gasteiger partial charge is 0.478 e. The fraction of sp³-hybridized carbons (Fsp3) is 0.214. The van der Waals surface area contributed by atoms with Gasteiger partial charge in [-0.2, -0.15) is 0 Å². The highest BCUT2D eigenvalue weighted by Gasteiger charge is 2.20. The van der Waals surface area contributed by atoms with E-state index in [1.165, 1.54) is 6.92 Å². The van der Waals surface area contributed by atoms with Crippen molar-refractivity contribution in [1.82, 2.24) is 0 Å². The Balaban J connectivity index is 3.06. The molecule has 1 rings (SSSR count). The van der Waals surface area contributed by atoms with Crippen molar-refractivity contribution in [2.75, 3.05) is 0 Å². The van der Waals surface area contributed by atoms with Crippen LogP contribution in [0.15, 0.2) is 35.4 Å². The maximum absolute atomic E-state index is 11.9. The maximum Gasteiger partial charge on any atom is 0.332 e. The lowest BCUT2D eigenvalue weighted by Crippen LogP contribution is -2.13. The standard InChI is InChI=1S/C14H14O5/c1-8-4-3-5-10(6-8)12(15)7-11(14(18)19)9(2)13(16)17/h3-6H,7H2,1-2H3,(H,16,17)(H,18,19). The summed E-state index contributed by atoms with van der Waals surface area (Å²) in [5.74, 6) is -3.14. The van der Waals surface area contributed by atoms with Crippen molar-refractivity contribution in [2.24, 2.45) is 0 Å². The molecule has 0 fully saturated rings. The first-order chi connectivity index (χ1) is 8.82. The number of carboxylic acid groups (broad SMARTS) is 2. The molecule has 100 valence electrons. The first-order valence-electron chi connectivity index (χ1n) is 5.59. The van der Waals surface area contributed by atoms with E-state index in [1.807, 2.05) is 13.0 Å². The normalized spacial score (nSPS) is 11.7. The third kappa shape index (κ3) is 3.77. The van der Waals surface area contributed by atoms with Gasteiger partial charge in [0, 0.05) is 17.6 Å². The van der Waals surface area contributed by atoms with Crippen molar-refractivity contribution >= 4 is 17.7 Å². The van der Waals surface area contributed by atoms with Gasteiger partial charge in [0.05, 0.1) is 5.57 Å². The van der Waals surface area contributed by atoms with Crippen molar-refractivity contribution in [3.8, 4) is 0 Å². The molecule has 0 bridgehead atoms. The molecule has 0 amide bonds. The van der Waals surface area contributed by atoms with Gasteiger partial charge >= 0.3 is 11.9 Å². The number of aryl methyl sites for hydroxylation is 1. The second-order valence-corrected chi connectivity index (χ2v) is 4.18. The van der Waals surface area contributed by atoms with Crippen LogP contribution < -0.4 is 0 Å². The van der Waals surface area contributed by atoms with Crippen LogP contribution in [0.4, 0.5) is 0 Å². The molecule has 5 nitrogen and oxygen atoms in total. The van der Waals surface area contributed by atoms with Crippen molar-refractivity contribution in [1.29, 1.82) is 0 Å². The highest BCUT2D eigenvalue weighted by molar-refractivity contribution is 6.06. The minimum atomic E-state index is -1.39. The Bertz CT molecular complexity index is 569. The van der Waals surface area contributed by atoms with E-state index in [2.05, 4.69) is 0 Å². The number of rotatable bonds is 5. The van der Waals surface area contributed by atoms with Crippen LogP contribution in [-0.2, 0) is 9.59 Å². The van der Waals surface area contributed by atoms with Gasteiger partial charge < -0.3 is 10.2 Å². The number of hydrogen-bond donors (Lipinski definition) is 2. The molecule has 2 N–H and O–H groups in total. The summed E-state index contributed by atoms with van der Waals surface area (Å²) in [6, 6.07) is 6.72. The van der Waals surface area contributed by atoms with Gasteiger partial charge in [-0.25, -0.2) is 9.59 Å². The zero-order chi connectivity index (χ0) is 14.6. The molecule has 5 heteroatoms. The molecule has 0 aliphatic carbocycles. The summed E-state index contributed by atoms with van der Waals surface area (Å²) in [5, 5.41) is 17.8. The highest BCUT2D eigenvalue weighted by atomic mass is 16.4. The number of hydrogen-bond acceptors (Lipinski definition) is 3. The van der Waals surface area contributed by atoms with Gasteiger partial charge in [-0.05, 0) is 19.9 Å². The van der Waals surface area contributed by atoms with Gasteiger partial charge in [0.1, 0.15) is 0 Å². The summed E-state index contributed by atoms with van der Waals surface area (Å²) in [7, 11) is 0. The van der Waals surface area contributed by atoms with E-state index in [9.17, 15) is 14.4 Å². The first kappa shape index (κ1) is 14.6. The second-order valence-electron chi connectivity index (χ2n) is 4.18. The van der Waals surface area contributed by atoms with E-state index in [0.717, 1.165) is 5.56 Å². The molecule has 0 radical (unpaired) electrons. The van der Waals surface area contributed by atoms with Crippen molar-refractivity contribution < 1.29 is 24.6 Å². The fourth-order valence-corrected chi connectivity index (χ4v) is 1.58. The Hall–Kier alpha value is -2.43. The molecule has 0 heterocycles. The minimum absolute atomic E-state index is 0.325. The van der Waals surface area contributed by atoms with Crippen LogP contribution >= 0.6 is 0 Å². The van der Waals surface area contributed by atoms with Gasteiger partial charge in [-0.1, -0.05) is 23.8 Å². The molecule has 0 spiro atoms. The summed E-state index contributed by atoms with van der Waals surface area (Å²) in [6.45, 7) is 2.99. The van der Waals surface area contributed by atoms with Gasteiger partial charge in [-0.15, -0.1) is 0 Å². The maximum atomic E-state index is 11.9. The molecular formula is C14H14O5. The lowest BCUT2D eigenvalue weighted by atomic mass is 9.98. The Morgan fingerprint density at radius 2 is 1.74 bits per heavy atom. The highest BCUT2D eigenvalue weighted by Crippen LogP contribution is 2.15. The third-order valence-corrected chi connectivity index (χ3v) is 2.71. The molecule has 19 heavy (non-hydrogen) atoms. The van der Waals surface area contributed by atoms with Crippen LogP contribution in [0, 0.1) is 6.92 Å². The van der Waals surface area contributed by atoms with E-state index < -0.39 is 24.1 Å². The smallest absolute Gasteiger partial charge is 0.332 e. The van der Waals surface area contributed by atoms with E-state index >= 15 is 0 Å². The fourth-order valence-electron chi connectivity index (χ4n) is 1.58. The second kappa shape index (κ2) is 5.95. The van der Waals surface area contributed by atoms with E-state index in [-0.39, 0.29) is 11.1 Å². The summed E-state index contributed by atoms with van der Waals surface area (Å²) >= 11 is 0. The summed E-state index contributed by atoms with van der Waals surface area (Å²) in [6.07, 6.45) is -0.434. The lowest BCUT2D eigenvalue weighted by molar-refractivity contribution is -0.135. The third-order valence-electron chi connectivity index (χ3n) is 2.71. The Kier molecular flexibility index (Phi) is 4.58. The van der Waals surface area contributed by atoms with Crippen molar-refractivity contribution in [3.63, 3.8) is 0 Å². The van der Waals surface area contributed by atoms with Gasteiger partial charge in [0.15, 0.2) is 5.78 Å². The first-order valence-corrected chi connectivity index (χ1v) is 5.59. The molecule has 0 aromatic heterocycles. The van der Waals surface area contributed by atoms with Crippen molar-refractivity contribution in [2.45, 2.75) is 20.3 Å². The van der Waals surface area contributed by atoms with Crippen LogP contribution in [-0.4, -0.2) is 27.9 Å². The van der Waals surface area contributed by atoms with Crippen LogP contribution in [0.3, 0.4) is 0 Å². The Morgan fingerprint density at radius 1 is 1.11 bits per heavy atom. The van der Waals surface area contributed by atoms with Gasteiger partial charge in [0.2, 0.25) is 0 Å². The SMILES string of the molecule is CC(C(=O)O)=C(CC(=O)c1cccc(C)c1)C(=O)O. The number of carboxylic acids is 2. The zero-order valence-corrected chi connectivity index (χ0v) is 10.6. The number of carbonyl (C=O) groups is 3. The molecule has 0 atom stereocenters. The van der Waals surface area contributed by atoms with Gasteiger partial charge in [-0.3, -0.25) is 4.79 Å². The zero-order valence-electron chi connectivity index (χ0n) is 10.6. The van der Waals surface area contributed by atoms with Gasteiger partial charge in [0.25, 0.3) is 0 Å². The molecule has 0 aliphatic rings. The van der Waals surface area contributed by atoms with E-state index in [1.54, 1.807) is 18.2 Å². The summed E-state index contributed by atoms with van der Waals surface area (Å²) in [4.78, 5) is 33.7. The number of ketones is 1. The lowest BCUT2D eigenvalue weighted by Gasteiger charge is -2.05. The quantitative estimate of drug-likeness (QED) is 0.626. The molecule has 0 saturated carbocycles. The topological polar surface area (TPSA) is 91.7 Å². The van der Waals surface area contributed by atoms with E-state index in [0.29, 0.717) is 5.56 Å². The molecule has 0 aliphatic heterocycles. The van der Waals surface area contributed by atoms with Crippen molar-refractivity contribution in [3.05, 3.63) is 46.5 Å². The molecular weight excluding hydrogens is 248 g/mol. The Morgan fingerprint density at radius 3 is 2.21 bits per heavy atom. The van der Waals surface area contributed by atoms with Crippen LogP contribution in [0.25, 0.3) is 0 Å². The molecule has 0 unspecified atom stereocenters. The van der Waals surface area contributed by atoms with E-state index in [4.69, 9.17) is 10.2 Å². The van der Waals surface area contributed by atoms with Crippen LogP contribution in [0.2, 0.25) is 0 Å². The van der Waals surface area contributed by atoms with Crippen LogP contribution in [0.5, 0.6) is 0 Å². The molecule has 1 aromatic carbocycles. The monoisotopic (exact) mass is 262 g/mol. The molecule has 1 aromatic rings. The number of carbonyl (C=O) groups excluding carboxylic acids is 1. The van der Waals surface area contributed by atoms with Crippen LogP contribution in [0.1, 0.15) is 29.3 Å². The average Bonchev–Trinajstić information content (AvgIpc) is 2.34. The summed E-state index contributed by atoms with van der Waals surface area (Å²) < 4.78 is 0. The predicted octanol–water partition coefficient (Wildman–Crippen LogP) is 2.05. The molecule has 0 saturated heterocycles. The Labute approximate surface area is 110 Å². The number of Topliss-reactive ketones (excluding diaryl/α,β-unsaturated/α-hetero) is 1. The average molecular weight is 262 g/mol. The summed E-state index contributed by atoms with van der Waals surface area (Å²) in [5.41, 5.74) is 0.533. The number of aliphatic carboxylic acids is 2. The predicted molar refractivity (Wildman–Crippen MR) is 68.1 cm³/mol. The minimum Gasteiger partial charge on any atom is -0.478 e.